The number of nitrogens with one attached hydrogen (secondary N) is 2. The zero-order valence-electron chi connectivity index (χ0n) is 11.3. The van der Waals surface area contributed by atoms with Gasteiger partial charge >= 0.3 is 12.0 Å². The van der Waals surface area contributed by atoms with Gasteiger partial charge in [0.2, 0.25) is 0 Å². The van der Waals surface area contributed by atoms with E-state index in [1.54, 1.807) is 0 Å². The van der Waals surface area contributed by atoms with Crippen molar-refractivity contribution in [2.24, 2.45) is 5.73 Å². The molecule has 0 saturated carbocycles. The summed E-state index contributed by atoms with van der Waals surface area (Å²) in [5.74, 6) is -0.977. The Labute approximate surface area is 116 Å². The molecule has 0 spiro atoms. The van der Waals surface area contributed by atoms with Gasteiger partial charge in [-0.3, -0.25) is 4.79 Å². The van der Waals surface area contributed by atoms with Crippen LogP contribution in [0.2, 0.25) is 0 Å². The smallest absolute Gasteiger partial charge is 0.338 e. The molecule has 0 aliphatic carbocycles. The van der Waals surface area contributed by atoms with Gasteiger partial charge in [-0.2, -0.15) is 0 Å². The van der Waals surface area contributed by atoms with Gasteiger partial charge in [0.1, 0.15) is 0 Å². The van der Waals surface area contributed by atoms with Crippen LogP contribution in [0.1, 0.15) is 24.2 Å². The number of anilines is 1. The molecule has 3 amide bonds. The first-order valence-electron chi connectivity index (χ1n) is 6.01. The summed E-state index contributed by atoms with van der Waals surface area (Å²) in [6.45, 7) is 3.28. The Hall–Kier alpha value is -2.57. The second kappa shape index (κ2) is 7.13. The molecule has 0 bridgehead atoms. The number of primary amides is 1. The van der Waals surface area contributed by atoms with Crippen LogP contribution in [0.5, 0.6) is 0 Å². The Morgan fingerprint density at radius 1 is 1.20 bits per heavy atom. The second-order valence-electron chi connectivity index (χ2n) is 4.36. The maximum Gasteiger partial charge on any atom is 0.338 e. The van der Waals surface area contributed by atoms with Gasteiger partial charge in [-0.05, 0) is 38.1 Å². The summed E-state index contributed by atoms with van der Waals surface area (Å²) >= 11 is 0. The molecule has 108 valence electrons. The minimum atomic E-state index is -0.689. The molecule has 7 nitrogen and oxygen atoms in total. The zero-order chi connectivity index (χ0) is 15.1. The van der Waals surface area contributed by atoms with E-state index in [9.17, 15) is 14.4 Å². The van der Waals surface area contributed by atoms with E-state index in [-0.39, 0.29) is 24.1 Å². The molecular weight excluding hydrogens is 262 g/mol. The Kier molecular flexibility index (Phi) is 5.52. The fourth-order valence-electron chi connectivity index (χ4n) is 1.41. The normalized spacial score (nSPS) is 9.95. The molecule has 1 aromatic carbocycles. The molecule has 0 aromatic heterocycles. The first kappa shape index (κ1) is 15.5. The van der Waals surface area contributed by atoms with Crippen molar-refractivity contribution < 1.29 is 19.1 Å². The quantitative estimate of drug-likeness (QED) is 0.694. The van der Waals surface area contributed by atoms with Crippen molar-refractivity contribution in [3.8, 4) is 0 Å². The van der Waals surface area contributed by atoms with E-state index in [0.29, 0.717) is 5.69 Å². The van der Waals surface area contributed by atoms with Gasteiger partial charge in [0, 0.05) is 11.7 Å². The number of amides is 3. The average Bonchev–Trinajstić information content (AvgIpc) is 2.35. The number of hydrogen-bond donors (Lipinski definition) is 3. The van der Waals surface area contributed by atoms with Crippen LogP contribution in [0.4, 0.5) is 10.5 Å². The molecule has 4 N–H and O–H groups in total. The van der Waals surface area contributed by atoms with Crippen molar-refractivity contribution in [3.05, 3.63) is 29.8 Å². The number of carbonyl (C=O) groups is 3. The lowest BCUT2D eigenvalue weighted by molar-refractivity contribution is -0.124. The third-order valence-corrected chi connectivity index (χ3v) is 2.17. The third kappa shape index (κ3) is 5.38. The Bertz CT molecular complexity index is 497. The van der Waals surface area contributed by atoms with Gasteiger partial charge in [0.05, 0.1) is 5.56 Å². The molecule has 1 aromatic rings. The first-order chi connectivity index (χ1) is 9.38. The fraction of sp³-hybridized carbons (Fsp3) is 0.308. The van der Waals surface area contributed by atoms with Gasteiger partial charge in [0.15, 0.2) is 6.61 Å². The topological polar surface area (TPSA) is 111 Å². The van der Waals surface area contributed by atoms with Crippen molar-refractivity contribution in [2.45, 2.75) is 19.9 Å². The van der Waals surface area contributed by atoms with Gasteiger partial charge < -0.3 is 21.1 Å². The summed E-state index contributed by atoms with van der Waals surface area (Å²) in [7, 11) is 0. The van der Waals surface area contributed by atoms with E-state index < -0.39 is 12.0 Å². The van der Waals surface area contributed by atoms with Crippen LogP contribution in [-0.2, 0) is 9.53 Å². The molecule has 7 heteroatoms. The molecule has 0 saturated heterocycles. The molecule has 0 aliphatic heterocycles. The predicted octanol–water partition coefficient (Wildman–Crippen LogP) is 0.859. The summed E-state index contributed by atoms with van der Waals surface area (Å²) in [5.41, 5.74) is 5.70. The van der Waals surface area contributed by atoms with Crippen molar-refractivity contribution in [3.63, 3.8) is 0 Å². The van der Waals surface area contributed by atoms with Crippen molar-refractivity contribution >= 4 is 23.6 Å². The number of benzene rings is 1. The lowest BCUT2D eigenvalue weighted by Gasteiger charge is -2.09. The average molecular weight is 279 g/mol. The highest BCUT2D eigenvalue weighted by Gasteiger charge is 2.10. The molecule has 0 unspecified atom stereocenters. The highest BCUT2D eigenvalue weighted by atomic mass is 16.5. The highest BCUT2D eigenvalue weighted by Crippen LogP contribution is 2.10. The van der Waals surface area contributed by atoms with Gasteiger partial charge in [-0.15, -0.1) is 0 Å². The summed E-state index contributed by atoms with van der Waals surface area (Å²) in [6.07, 6.45) is 0. The number of nitrogens with two attached hydrogens (primary N) is 1. The van der Waals surface area contributed by atoms with E-state index in [4.69, 9.17) is 10.5 Å². The van der Waals surface area contributed by atoms with Crippen LogP contribution >= 0.6 is 0 Å². The van der Waals surface area contributed by atoms with Gasteiger partial charge in [-0.25, -0.2) is 9.59 Å². The number of urea groups is 1. The van der Waals surface area contributed by atoms with Crippen LogP contribution in [0.15, 0.2) is 24.3 Å². The molecule has 0 heterocycles. The van der Waals surface area contributed by atoms with Crippen LogP contribution in [-0.4, -0.2) is 30.6 Å². The minimum Gasteiger partial charge on any atom is -0.452 e. The van der Waals surface area contributed by atoms with Crippen molar-refractivity contribution in [1.82, 2.24) is 5.32 Å². The van der Waals surface area contributed by atoms with Crippen LogP contribution in [0.3, 0.4) is 0 Å². The highest BCUT2D eigenvalue weighted by molar-refractivity contribution is 5.93. The van der Waals surface area contributed by atoms with E-state index >= 15 is 0 Å². The van der Waals surface area contributed by atoms with Crippen LogP contribution in [0, 0.1) is 0 Å². The molecule has 1 rings (SSSR count). The Balaban J connectivity index is 2.51. The molecule has 20 heavy (non-hydrogen) atoms. The van der Waals surface area contributed by atoms with E-state index in [2.05, 4.69) is 10.6 Å². The lowest BCUT2D eigenvalue weighted by atomic mass is 10.2. The van der Waals surface area contributed by atoms with Crippen LogP contribution in [0.25, 0.3) is 0 Å². The van der Waals surface area contributed by atoms with Crippen LogP contribution < -0.4 is 16.4 Å². The molecule has 0 aliphatic rings. The van der Waals surface area contributed by atoms with E-state index in [1.165, 1.54) is 24.3 Å². The van der Waals surface area contributed by atoms with E-state index in [0.717, 1.165) is 0 Å². The molecule has 0 fully saturated rings. The number of carbonyl (C=O) groups excluding carboxylic acids is 3. The number of rotatable bonds is 5. The molecule has 0 radical (unpaired) electrons. The van der Waals surface area contributed by atoms with Crippen molar-refractivity contribution in [1.29, 1.82) is 0 Å². The monoisotopic (exact) mass is 279 g/mol. The lowest BCUT2D eigenvalue weighted by Crippen LogP contribution is -2.33. The predicted molar refractivity (Wildman–Crippen MR) is 73.2 cm³/mol. The summed E-state index contributed by atoms with van der Waals surface area (Å²) in [4.78, 5) is 33.6. The molecular formula is C13H17N3O4. The zero-order valence-corrected chi connectivity index (χ0v) is 11.3. The second-order valence-corrected chi connectivity index (χ2v) is 4.36. The van der Waals surface area contributed by atoms with Crippen molar-refractivity contribution in [2.75, 3.05) is 11.9 Å². The fourth-order valence-corrected chi connectivity index (χ4v) is 1.41. The third-order valence-electron chi connectivity index (χ3n) is 2.17. The first-order valence-corrected chi connectivity index (χ1v) is 6.01. The molecule has 0 atom stereocenters. The minimum absolute atomic E-state index is 0.0136. The summed E-state index contributed by atoms with van der Waals surface area (Å²) < 4.78 is 4.85. The maximum absolute atomic E-state index is 11.7. The van der Waals surface area contributed by atoms with E-state index in [1.807, 2.05) is 13.8 Å². The standard InChI is InChI=1S/C13H17N3O4/c1-8(2)15-11(17)7-20-12(18)9-3-5-10(6-4-9)16-13(14)19/h3-6,8H,7H2,1-2H3,(H,15,17)(H3,14,16,19). The number of hydrogen-bond acceptors (Lipinski definition) is 4. The van der Waals surface area contributed by atoms with Gasteiger partial charge in [-0.1, -0.05) is 0 Å². The Morgan fingerprint density at radius 2 is 1.80 bits per heavy atom. The number of esters is 1. The summed E-state index contributed by atoms with van der Waals surface area (Å²) in [6, 6.07) is 5.25. The number of ether oxygens (including phenoxy) is 1. The Morgan fingerprint density at radius 3 is 2.30 bits per heavy atom. The van der Waals surface area contributed by atoms with Gasteiger partial charge in [0.25, 0.3) is 5.91 Å². The SMILES string of the molecule is CC(C)NC(=O)COC(=O)c1ccc(NC(N)=O)cc1. The summed E-state index contributed by atoms with van der Waals surface area (Å²) in [5, 5.41) is 4.97. The largest absolute Gasteiger partial charge is 0.452 e. The maximum atomic E-state index is 11.7.